The highest BCUT2D eigenvalue weighted by Gasteiger charge is 2.47. The van der Waals surface area contributed by atoms with Gasteiger partial charge in [0.15, 0.2) is 18.7 Å². The Balaban J connectivity index is 1.81. The number of rotatable bonds is 39. The van der Waals surface area contributed by atoms with Crippen LogP contribution in [0.4, 0.5) is 0 Å². The Morgan fingerprint density at radius 3 is 1.38 bits per heavy atom. The van der Waals surface area contributed by atoms with Gasteiger partial charge in [-0.2, -0.15) is 0 Å². The standard InChI is InChI=1S/C50H90O15/c1-3-5-7-9-11-13-15-17-18-19-20-21-23-25-27-29-31-33-42(53)63-38(35-60-41(52)32-30-28-26-24-22-16-14-12-10-8-6-4-2)36-61-49-48(59)46(57)44(55)40(65-49)37-62-50-47(58)45(56)43(54)39(34-51)64-50/h12,14,17-18,38-40,43-51,54-59H,3-11,13,15-16,19-37H2,1-2H3/b14-12+,18-17+/t38-,39+,40+,43-,44-,45?,46?,47?,48?,49+,50+/m1/s1. The summed E-state index contributed by atoms with van der Waals surface area (Å²) in [4.78, 5) is 25.7. The largest absolute Gasteiger partial charge is 0.462 e. The van der Waals surface area contributed by atoms with Gasteiger partial charge in [-0.05, 0) is 64.2 Å². The van der Waals surface area contributed by atoms with Crippen LogP contribution in [-0.2, 0) is 38.0 Å². The summed E-state index contributed by atoms with van der Waals surface area (Å²) in [6.45, 7) is 2.55. The molecule has 2 heterocycles. The smallest absolute Gasteiger partial charge is 0.306 e. The molecule has 0 amide bonds. The third kappa shape index (κ3) is 26.4. The lowest BCUT2D eigenvalue weighted by atomic mass is 9.98. The number of unbranched alkanes of at least 4 members (excludes halogenated alkanes) is 21. The third-order valence-electron chi connectivity index (χ3n) is 12.2. The molecular weight excluding hydrogens is 841 g/mol. The first-order valence-corrected chi connectivity index (χ1v) is 25.4. The molecule has 2 aliphatic rings. The fourth-order valence-electron chi connectivity index (χ4n) is 7.91. The summed E-state index contributed by atoms with van der Waals surface area (Å²) in [6.07, 6.45) is 20.6. The zero-order valence-corrected chi connectivity index (χ0v) is 40.0. The van der Waals surface area contributed by atoms with E-state index in [2.05, 4.69) is 38.2 Å². The molecule has 0 aromatic rings. The summed E-state index contributed by atoms with van der Waals surface area (Å²) >= 11 is 0. The molecule has 65 heavy (non-hydrogen) atoms. The van der Waals surface area contributed by atoms with Crippen molar-refractivity contribution in [3.63, 3.8) is 0 Å². The van der Waals surface area contributed by atoms with E-state index in [4.69, 9.17) is 28.4 Å². The van der Waals surface area contributed by atoms with Gasteiger partial charge in [-0.1, -0.05) is 134 Å². The molecule has 15 heteroatoms. The van der Waals surface area contributed by atoms with Crippen molar-refractivity contribution in [3.05, 3.63) is 24.3 Å². The molecule has 7 N–H and O–H groups in total. The highest BCUT2D eigenvalue weighted by molar-refractivity contribution is 5.70. The highest BCUT2D eigenvalue weighted by Crippen LogP contribution is 2.26. The van der Waals surface area contributed by atoms with E-state index >= 15 is 0 Å². The van der Waals surface area contributed by atoms with Crippen molar-refractivity contribution in [1.29, 1.82) is 0 Å². The van der Waals surface area contributed by atoms with Gasteiger partial charge in [0.05, 0.1) is 19.8 Å². The number of carbonyl (C=O) groups is 2. The molecule has 2 rings (SSSR count). The maximum absolute atomic E-state index is 13.0. The Morgan fingerprint density at radius 2 is 0.877 bits per heavy atom. The number of hydrogen-bond acceptors (Lipinski definition) is 15. The number of allylic oxidation sites excluding steroid dienone is 4. The molecule has 2 fully saturated rings. The molecule has 2 aliphatic heterocycles. The molecule has 0 radical (unpaired) electrons. The van der Waals surface area contributed by atoms with Crippen LogP contribution >= 0.6 is 0 Å². The van der Waals surface area contributed by atoms with E-state index in [-0.39, 0.29) is 26.1 Å². The molecule has 15 nitrogen and oxygen atoms in total. The van der Waals surface area contributed by atoms with Gasteiger partial charge in [-0.25, -0.2) is 0 Å². The molecule has 0 spiro atoms. The predicted octanol–water partition coefficient (Wildman–Crippen LogP) is 6.77. The first-order chi connectivity index (χ1) is 31.5. The fourth-order valence-corrected chi connectivity index (χ4v) is 7.91. The van der Waals surface area contributed by atoms with Crippen molar-refractivity contribution in [2.45, 2.75) is 255 Å². The maximum atomic E-state index is 13.0. The zero-order valence-electron chi connectivity index (χ0n) is 40.0. The maximum Gasteiger partial charge on any atom is 0.306 e. The van der Waals surface area contributed by atoms with Gasteiger partial charge in [0.2, 0.25) is 0 Å². The van der Waals surface area contributed by atoms with E-state index in [0.29, 0.717) is 12.8 Å². The van der Waals surface area contributed by atoms with Crippen LogP contribution in [0.25, 0.3) is 0 Å². The van der Waals surface area contributed by atoms with Crippen molar-refractivity contribution in [3.8, 4) is 0 Å². The van der Waals surface area contributed by atoms with Crippen molar-refractivity contribution < 1.29 is 73.8 Å². The molecule has 2 saturated heterocycles. The van der Waals surface area contributed by atoms with Crippen LogP contribution in [0.15, 0.2) is 24.3 Å². The summed E-state index contributed by atoms with van der Waals surface area (Å²) in [7, 11) is 0. The second-order valence-electron chi connectivity index (χ2n) is 18.0. The summed E-state index contributed by atoms with van der Waals surface area (Å²) < 4.78 is 33.5. The predicted molar refractivity (Wildman–Crippen MR) is 247 cm³/mol. The average molecular weight is 931 g/mol. The normalized spacial score (nSPS) is 26.5. The van der Waals surface area contributed by atoms with Crippen LogP contribution in [0.5, 0.6) is 0 Å². The van der Waals surface area contributed by atoms with E-state index in [1.807, 2.05) is 0 Å². The minimum atomic E-state index is -1.76. The minimum Gasteiger partial charge on any atom is -0.462 e. The van der Waals surface area contributed by atoms with Gasteiger partial charge in [0, 0.05) is 12.8 Å². The molecule has 4 unspecified atom stereocenters. The molecule has 11 atom stereocenters. The minimum absolute atomic E-state index is 0.160. The number of ether oxygens (including phenoxy) is 6. The monoisotopic (exact) mass is 931 g/mol. The Hall–Kier alpha value is -2.02. The number of carbonyl (C=O) groups excluding carboxylic acids is 2. The van der Waals surface area contributed by atoms with Crippen molar-refractivity contribution in [2.75, 3.05) is 26.4 Å². The van der Waals surface area contributed by atoms with Crippen molar-refractivity contribution >= 4 is 11.9 Å². The van der Waals surface area contributed by atoms with Crippen LogP contribution in [0.2, 0.25) is 0 Å². The Labute approximate surface area is 390 Å². The number of hydrogen-bond donors (Lipinski definition) is 7. The van der Waals surface area contributed by atoms with Crippen LogP contribution in [0, 0.1) is 0 Å². The van der Waals surface area contributed by atoms with Gasteiger partial charge in [-0.15, -0.1) is 0 Å². The lowest BCUT2D eigenvalue weighted by Crippen LogP contribution is -2.61. The second kappa shape index (κ2) is 37.9. The summed E-state index contributed by atoms with van der Waals surface area (Å²) in [5.74, 6) is -0.937. The fraction of sp³-hybridized carbons (Fsp3) is 0.880. The number of aliphatic hydroxyl groups is 7. The highest BCUT2D eigenvalue weighted by atomic mass is 16.7. The van der Waals surface area contributed by atoms with Crippen LogP contribution < -0.4 is 0 Å². The van der Waals surface area contributed by atoms with E-state index in [0.717, 1.165) is 70.6 Å². The molecular formula is C50H90O15. The molecule has 380 valence electrons. The summed E-state index contributed by atoms with van der Waals surface area (Å²) in [5, 5.41) is 72.0. The van der Waals surface area contributed by atoms with E-state index in [9.17, 15) is 45.3 Å². The van der Waals surface area contributed by atoms with Crippen LogP contribution in [0.3, 0.4) is 0 Å². The van der Waals surface area contributed by atoms with E-state index < -0.39 is 92.7 Å². The SMILES string of the molecule is CCCCC/C=C/CCCCCCCC(=O)OC[C@H](CO[C@H]1O[C@@H](CO[C@H]2O[C@@H](CO)[C@@H](O)C(O)C2O)[C@@H](O)C(O)C1O)OC(=O)CCCCCCCCC/C=C/CCCCCCCC. The van der Waals surface area contributed by atoms with Crippen LogP contribution in [-0.4, -0.2) is 142 Å². The first kappa shape index (κ1) is 59.1. The Bertz CT molecular complexity index is 1230. The molecule has 0 saturated carbocycles. The topological polar surface area (TPSA) is 231 Å². The third-order valence-corrected chi connectivity index (χ3v) is 12.2. The lowest BCUT2D eigenvalue weighted by Gasteiger charge is -2.42. The van der Waals surface area contributed by atoms with Gasteiger partial charge in [-0.3, -0.25) is 9.59 Å². The van der Waals surface area contributed by atoms with Gasteiger partial charge >= 0.3 is 11.9 Å². The van der Waals surface area contributed by atoms with E-state index in [1.54, 1.807) is 0 Å². The average Bonchev–Trinajstić information content (AvgIpc) is 3.30. The van der Waals surface area contributed by atoms with Crippen molar-refractivity contribution in [1.82, 2.24) is 0 Å². The quantitative estimate of drug-likeness (QED) is 0.0192. The van der Waals surface area contributed by atoms with Gasteiger partial charge < -0.3 is 64.2 Å². The van der Waals surface area contributed by atoms with Gasteiger partial charge in [0.1, 0.15) is 55.4 Å². The number of aliphatic hydroxyl groups excluding tert-OH is 7. The van der Waals surface area contributed by atoms with Crippen molar-refractivity contribution in [2.24, 2.45) is 0 Å². The summed E-state index contributed by atoms with van der Waals surface area (Å²) in [5.41, 5.74) is 0. The Morgan fingerprint density at radius 1 is 0.477 bits per heavy atom. The molecule has 0 aliphatic carbocycles. The zero-order chi connectivity index (χ0) is 47.5. The number of esters is 2. The second-order valence-corrected chi connectivity index (χ2v) is 18.0. The Kier molecular flexibility index (Phi) is 34.5. The molecule has 0 aromatic heterocycles. The molecule has 0 bridgehead atoms. The van der Waals surface area contributed by atoms with E-state index in [1.165, 1.54) is 77.0 Å². The summed E-state index contributed by atoms with van der Waals surface area (Å²) in [6, 6.07) is 0. The lowest BCUT2D eigenvalue weighted by molar-refractivity contribution is -0.332. The van der Waals surface area contributed by atoms with Gasteiger partial charge in [0.25, 0.3) is 0 Å². The molecule has 0 aromatic carbocycles. The van der Waals surface area contributed by atoms with Crippen LogP contribution in [0.1, 0.15) is 187 Å². The first-order valence-electron chi connectivity index (χ1n) is 25.4.